The van der Waals surface area contributed by atoms with Crippen molar-refractivity contribution in [2.24, 2.45) is 28.7 Å². The number of nitrogens with zero attached hydrogens (tertiary/aromatic N) is 3. The van der Waals surface area contributed by atoms with Gasteiger partial charge in [0.25, 0.3) is 0 Å². The molecule has 0 saturated carbocycles. The zero-order chi connectivity index (χ0) is 27.3. The molecule has 9 heteroatoms. The smallest absolute Gasteiger partial charge is 0.227 e. The summed E-state index contributed by atoms with van der Waals surface area (Å²) in [6, 6.07) is 0.417. The predicted molar refractivity (Wildman–Crippen MR) is 157 cm³/mol. The third-order valence-corrected chi connectivity index (χ3v) is 10.2. The summed E-state index contributed by atoms with van der Waals surface area (Å²) in [4.78, 5) is 21.5. The number of amides is 1. The van der Waals surface area contributed by atoms with Crippen molar-refractivity contribution in [3.8, 4) is 0 Å². The lowest BCUT2D eigenvalue weighted by Gasteiger charge is -2.45. The lowest BCUT2D eigenvalue weighted by atomic mass is 9.71. The molecule has 0 aromatic rings. The number of alkyl halides is 1. The zero-order valence-corrected chi connectivity index (χ0v) is 24.8. The van der Waals surface area contributed by atoms with E-state index in [1.54, 1.807) is 0 Å². The van der Waals surface area contributed by atoms with Crippen LogP contribution in [-0.4, -0.2) is 110 Å². The highest BCUT2D eigenvalue weighted by Gasteiger charge is 2.45. The van der Waals surface area contributed by atoms with Gasteiger partial charge in [-0.1, -0.05) is 25.5 Å². The van der Waals surface area contributed by atoms with Crippen molar-refractivity contribution in [2.45, 2.75) is 88.0 Å². The molecule has 8 nitrogen and oxygen atoms in total. The van der Waals surface area contributed by atoms with Crippen LogP contribution in [0.4, 0.5) is 0 Å². The Balaban J connectivity index is 1.49. The first-order valence-electron chi connectivity index (χ1n) is 15.2. The second-order valence-electron chi connectivity index (χ2n) is 12.9. The predicted octanol–water partition coefficient (Wildman–Crippen LogP) is 1.78. The number of piperidine rings is 2. The maximum Gasteiger partial charge on any atom is 0.227 e. The van der Waals surface area contributed by atoms with E-state index in [9.17, 15) is 4.79 Å². The first kappa shape index (κ1) is 30.2. The van der Waals surface area contributed by atoms with Crippen molar-refractivity contribution in [1.29, 1.82) is 0 Å². The second-order valence-corrected chi connectivity index (χ2v) is 13.5. The van der Waals surface area contributed by atoms with Crippen LogP contribution in [0.15, 0.2) is 12.2 Å². The van der Waals surface area contributed by atoms with Crippen LogP contribution in [0.5, 0.6) is 0 Å². The molecule has 7 atom stereocenters. The molecule has 0 radical (unpaired) electrons. The number of allylic oxidation sites excluding steroid dienone is 1. The Morgan fingerprint density at radius 3 is 2.66 bits per heavy atom. The van der Waals surface area contributed by atoms with Gasteiger partial charge >= 0.3 is 0 Å². The third kappa shape index (κ3) is 7.50. The minimum Gasteiger partial charge on any atom is -0.350 e. The number of carbonyl (C=O) groups is 1. The lowest BCUT2D eigenvalue weighted by Crippen LogP contribution is -2.64. The molecule has 4 aliphatic heterocycles. The number of halogens is 1. The maximum atomic E-state index is 14.1. The van der Waals surface area contributed by atoms with Crippen molar-refractivity contribution >= 4 is 17.5 Å². The van der Waals surface area contributed by atoms with E-state index in [4.69, 9.17) is 23.1 Å². The van der Waals surface area contributed by atoms with Crippen LogP contribution in [0, 0.1) is 17.3 Å². The van der Waals surface area contributed by atoms with E-state index in [2.05, 4.69) is 58.5 Å². The van der Waals surface area contributed by atoms with E-state index in [1.807, 2.05) is 0 Å². The van der Waals surface area contributed by atoms with Gasteiger partial charge in [0.1, 0.15) is 0 Å². The molecule has 3 fully saturated rings. The molecule has 4 heterocycles. The SMILES string of the molecule is CCC12CC=CC(Cl)CN(CCC1)C(C(C(=O)NC1CNCCC1N1CCC(CN(C)C)CC1)C(N)N)C2. The van der Waals surface area contributed by atoms with E-state index in [-0.39, 0.29) is 28.8 Å². The first-order valence-corrected chi connectivity index (χ1v) is 15.6. The van der Waals surface area contributed by atoms with Gasteiger partial charge in [0, 0.05) is 31.7 Å². The van der Waals surface area contributed by atoms with Crippen LogP contribution >= 0.6 is 11.6 Å². The highest BCUT2D eigenvalue weighted by atomic mass is 35.5. The van der Waals surface area contributed by atoms with Crippen molar-refractivity contribution in [3.05, 3.63) is 12.2 Å². The minimum absolute atomic E-state index is 0.00428. The van der Waals surface area contributed by atoms with Crippen LogP contribution in [0.3, 0.4) is 0 Å². The Morgan fingerprint density at radius 2 is 1.97 bits per heavy atom. The molecule has 0 aromatic heterocycles. The molecule has 1 amide bonds. The number of nitrogens with two attached hydrogens (primary N) is 2. The Kier molecular flexibility index (Phi) is 10.9. The van der Waals surface area contributed by atoms with Gasteiger partial charge < -0.3 is 27.0 Å². The van der Waals surface area contributed by atoms with Crippen LogP contribution in [0.2, 0.25) is 0 Å². The van der Waals surface area contributed by atoms with E-state index in [1.165, 1.54) is 19.3 Å². The fourth-order valence-electron chi connectivity index (χ4n) is 7.78. The second kappa shape index (κ2) is 13.7. The molecular formula is C29H54ClN7O. The Labute approximate surface area is 236 Å². The molecule has 4 rings (SSSR count). The molecule has 38 heavy (non-hydrogen) atoms. The van der Waals surface area contributed by atoms with Gasteiger partial charge in [0.2, 0.25) is 5.91 Å². The summed E-state index contributed by atoms with van der Waals surface area (Å²) in [5.41, 5.74) is 13.1. The molecular weight excluding hydrogens is 498 g/mol. The van der Waals surface area contributed by atoms with Gasteiger partial charge in [-0.05, 0) is 96.6 Å². The van der Waals surface area contributed by atoms with Gasteiger partial charge in [0.15, 0.2) is 0 Å². The lowest BCUT2D eigenvalue weighted by molar-refractivity contribution is -0.130. The largest absolute Gasteiger partial charge is 0.350 e. The van der Waals surface area contributed by atoms with Crippen molar-refractivity contribution in [3.63, 3.8) is 0 Å². The van der Waals surface area contributed by atoms with Gasteiger partial charge in [-0.3, -0.25) is 14.6 Å². The van der Waals surface area contributed by atoms with Crippen LogP contribution in [-0.2, 0) is 4.79 Å². The van der Waals surface area contributed by atoms with E-state index < -0.39 is 12.1 Å². The van der Waals surface area contributed by atoms with E-state index >= 15 is 0 Å². The monoisotopic (exact) mass is 551 g/mol. The number of nitrogens with one attached hydrogen (secondary N) is 2. The van der Waals surface area contributed by atoms with E-state index in [0.717, 1.165) is 83.8 Å². The quantitative estimate of drug-likeness (QED) is 0.207. The molecule has 2 bridgehead atoms. The molecule has 7 unspecified atom stereocenters. The summed E-state index contributed by atoms with van der Waals surface area (Å²) in [5, 5.41) is 6.94. The third-order valence-electron chi connectivity index (χ3n) is 9.96. The number of hydrogen-bond acceptors (Lipinski definition) is 7. The van der Waals surface area contributed by atoms with Gasteiger partial charge in [-0.15, -0.1) is 11.6 Å². The Hall–Kier alpha value is -0.740. The Morgan fingerprint density at radius 1 is 1.21 bits per heavy atom. The van der Waals surface area contributed by atoms with Crippen molar-refractivity contribution in [1.82, 2.24) is 25.3 Å². The molecule has 0 aliphatic carbocycles. The number of carbonyl (C=O) groups excluding carboxylic acids is 1. The van der Waals surface area contributed by atoms with Crippen molar-refractivity contribution in [2.75, 3.05) is 59.9 Å². The van der Waals surface area contributed by atoms with Gasteiger partial charge in [0.05, 0.1) is 23.5 Å². The summed E-state index contributed by atoms with van der Waals surface area (Å²) in [7, 11) is 4.33. The fourth-order valence-corrected chi connectivity index (χ4v) is 8.06. The summed E-state index contributed by atoms with van der Waals surface area (Å²) in [6.45, 7) is 9.11. The molecule has 4 aliphatic rings. The summed E-state index contributed by atoms with van der Waals surface area (Å²) in [6.07, 6.45) is 12.5. The number of hydrogen-bond donors (Lipinski definition) is 4. The van der Waals surface area contributed by atoms with Crippen molar-refractivity contribution < 1.29 is 4.79 Å². The minimum atomic E-state index is -0.713. The summed E-state index contributed by atoms with van der Waals surface area (Å²) >= 11 is 6.72. The molecule has 3 saturated heterocycles. The number of fused-ring (bicyclic) bond motifs is 3. The van der Waals surface area contributed by atoms with Crippen LogP contribution < -0.4 is 22.1 Å². The van der Waals surface area contributed by atoms with Crippen LogP contribution in [0.1, 0.15) is 58.3 Å². The standard InChI is InChI=1S/C29H54ClN7O/c1-4-29-11-5-7-22(30)20-37(14-6-12-29)25(17-29)26(27(31)32)28(38)34-23-18-33-13-8-24(23)36-15-9-21(10-16-36)19-35(2)3/h5,7,21-27,33H,4,6,8-20,31-32H2,1-3H3,(H,34,38). The molecule has 0 spiro atoms. The summed E-state index contributed by atoms with van der Waals surface area (Å²) < 4.78 is 0. The zero-order valence-electron chi connectivity index (χ0n) is 24.1. The maximum absolute atomic E-state index is 14.1. The highest BCUT2D eigenvalue weighted by Crippen LogP contribution is 2.43. The molecule has 6 N–H and O–H groups in total. The summed E-state index contributed by atoms with van der Waals surface area (Å²) in [5.74, 6) is 0.314. The Bertz CT molecular complexity index is 787. The normalized spacial score (nSPS) is 36.5. The fraction of sp³-hybridized carbons (Fsp3) is 0.897. The number of likely N-dealkylation sites (tertiary alicyclic amines) is 1. The first-order chi connectivity index (χ1) is 18.2. The molecule has 218 valence electrons. The average Bonchev–Trinajstić information content (AvgIpc) is 3.00. The highest BCUT2D eigenvalue weighted by molar-refractivity contribution is 6.22. The van der Waals surface area contributed by atoms with E-state index in [0.29, 0.717) is 6.04 Å². The average molecular weight is 552 g/mol. The van der Waals surface area contributed by atoms with Gasteiger partial charge in [-0.25, -0.2) is 0 Å². The molecule has 0 aromatic carbocycles. The van der Waals surface area contributed by atoms with Gasteiger partial charge in [-0.2, -0.15) is 0 Å². The topological polar surface area (TPSA) is 103 Å². The van der Waals surface area contributed by atoms with Crippen LogP contribution in [0.25, 0.3) is 0 Å². The number of rotatable bonds is 8.